The third-order valence-corrected chi connectivity index (χ3v) is 4.08. The van der Waals surface area contributed by atoms with Crippen LogP contribution >= 0.6 is 15.9 Å². The Morgan fingerprint density at radius 3 is 2.50 bits per heavy atom. The van der Waals surface area contributed by atoms with E-state index in [-0.39, 0.29) is 11.9 Å². The molecule has 20 heavy (non-hydrogen) atoms. The number of hydrogen-bond donors (Lipinski definition) is 1. The molecule has 1 N–H and O–H groups in total. The Labute approximate surface area is 128 Å². The zero-order valence-electron chi connectivity index (χ0n) is 12.0. The van der Waals surface area contributed by atoms with Gasteiger partial charge in [0.1, 0.15) is 5.82 Å². The van der Waals surface area contributed by atoms with Crippen LogP contribution in [0.5, 0.6) is 0 Å². The summed E-state index contributed by atoms with van der Waals surface area (Å²) in [6.45, 7) is 6.79. The molecule has 0 spiro atoms. The zero-order chi connectivity index (χ0) is 14.7. The first-order chi connectivity index (χ1) is 9.52. The summed E-state index contributed by atoms with van der Waals surface area (Å²) in [5.41, 5.74) is 4.14. The van der Waals surface area contributed by atoms with Crippen molar-refractivity contribution < 1.29 is 4.39 Å². The van der Waals surface area contributed by atoms with Crippen LogP contribution in [0.2, 0.25) is 0 Å². The van der Waals surface area contributed by atoms with Crippen LogP contribution in [0.4, 0.5) is 4.39 Å². The SMILES string of the molecule is CCNC(c1ccc(F)c(C)c1)c1ccc(C)cc1Br. The Morgan fingerprint density at radius 2 is 1.90 bits per heavy atom. The van der Waals surface area contributed by atoms with Gasteiger partial charge < -0.3 is 5.32 Å². The molecule has 106 valence electrons. The monoisotopic (exact) mass is 335 g/mol. The molecule has 0 saturated heterocycles. The second-order valence-corrected chi connectivity index (χ2v) is 5.88. The molecule has 0 saturated carbocycles. The molecule has 0 aliphatic heterocycles. The predicted octanol–water partition coefficient (Wildman–Crippen LogP) is 4.90. The molecule has 0 radical (unpaired) electrons. The fourth-order valence-corrected chi connectivity index (χ4v) is 3.05. The van der Waals surface area contributed by atoms with E-state index in [1.165, 1.54) is 17.2 Å². The van der Waals surface area contributed by atoms with Crippen molar-refractivity contribution in [3.63, 3.8) is 0 Å². The van der Waals surface area contributed by atoms with Crippen molar-refractivity contribution in [3.8, 4) is 0 Å². The molecule has 1 unspecified atom stereocenters. The lowest BCUT2D eigenvalue weighted by Crippen LogP contribution is -2.22. The Morgan fingerprint density at radius 1 is 1.15 bits per heavy atom. The van der Waals surface area contributed by atoms with E-state index in [0.717, 1.165) is 16.6 Å². The summed E-state index contributed by atoms with van der Waals surface area (Å²) in [6, 6.07) is 11.7. The largest absolute Gasteiger partial charge is 0.306 e. The molecule has 2 rings (SSSR count). The van der Waals surface area contributed by atoms with E-state index in [2.05, 4.69) is 53.3 Å². The predicted molar refractivity (Wildman–Crippen MR) is 85.5 cm³/mol. The van der Waals surface area contributed by atoms with Gasteiger partial charge in [0.2, 0.25) is 0 Å². The molecule has 3 heteroatoms. The van der Waals surface area contributed by atoms with E-state index in [1.807, 2.05) is 12.1 Å². The van der Waals surface area contributed by atoms with Gasteiger partial charge in [0.15, 0.2) is 0 Å². The first-order valence-corrected chi connectivity index (χ1v) is 7.57. The lowest BCUT2D eigenvalue weighted by atomic mass is 9.96. The summed E-state index contributed by atoms with van der Waals surface area (Å²) in [5, 5.41) is 3.47. The summed E-state index contributed by atoms with van der Waals surface area (Å²) < 4.78 is 14.5. The van der Waals surface area contributed by atoms with Crippen molar-refractivity contribution in [1.29, 1.82) is 0 Å². The Kier molecular flexibility index (Phi) is 4.95. The summed E-state index contributed by atoms with van der Waals surface area (Å²) in [7, 11) is 0. The Balaban J connectivity index is 2.47. The quantitative estimate of drug-likeness (QED) is 0.837. The van der Waals surface area contributed by atoms with Crippen LogP contribution in [0.3, 0.4) is 0 Å². The van der Waals surface area contributed by atoms with E-state index >= 15 is 0 Å². The summed E-state index contributed by atoms with van der Waals surface area (Å²) in [5.74, 6) is -0.160. The Bertz CT molecular complexity index is 610. The van der Waals surface area contributed by atoms with Gasteiger partial charge in [-0.15, -0.1) is 0 Å². The summed E-state index contributed by atoms with van der Waals surface area (Å²) in [4.78, 5) is 0. The molecule has 0 bridgehead atoms. The van der Waals surface area contributed by atoms with Crippen LogP contribution in [0.25, 0.3) is 0 Å². The van der Waals surface area contributed by atoms with Gasteiger partial charge in [-0.3, -0.25) is 0 Å². The van der Waals surface area contributed by atoms with Crippen molar-refractivity contribution in [1.82, 2.24) is 5.32 Å². The number of hydrogen-bond acceptors (Lipinski definition) is 1. The van der Waals surface area contributed by atoms with Crippen molar-refractivity contribution in [2.45, 2.75) is 26.8 Å². The van der Waals surface area contributed by atoms with E-state index in [9.17, 15) is 4.39 Å². The maximum Gasteiger partial charge on any atom is 0.126 e. The lowest BCUT2D eigenvalue weighted by molar-refractivity contribution is 0.605. The number of nitrogens with one attached hydrogen (secondary N) is 1. The minimum atomic E-state index is -0.160. The van der Waals surface area contributed by atoms with Crippen molar-refractivity contribution in [2.75, 3.05) is 6.54 Å². The molecular weight excluding hydrogens is 317 g/mol. The normalized spacial score (nSPS) is 12.4. The molecule has 0 aliphatic carbocycles. The van der Waals surface area contributed by atoms with Crippen molar-refractivity contribution >= 4 is 15.9 Å². The molecule has 2 aromatic carbocycles. The molecule has 0 aliphatic rings. The highest BCUT2D eigenvalue weighted by Crippen LogP contribution is 2.30. The van der Waals surface area contributed by atoms with Gasteiger partial charge in [-0.1, -0.05) is 47.1 Å². The average molecular weight is 336 g/mol. The zero-order valence-corrected chi connectivity index (χ0v) is 13.6. The van der Waals surface area contributed by atoms with Crippen molar-refractivity contribution in [3.05, 3.63) is 68.9 Å². The van der Waals surface area contributed by atoms with Crippen LogP contribution in [0, 0.1) is 19.7 Å². The van der Waals surface area contributed by atoms with E-state index in [0.29, 0.717) is 5.56 Å². The maximum absolute atomic E-state index is 13.5. The third kappa shape index (κ3) is 3.28. The molecule has 0 fully saturated rings. The van der Waals surface area contributed by atoms with Gasteiger partial charge in [-0.05, 0) is 54.8 Å². The minimum Gasteiger partial charge on any atom is -0.306 e. The average Bonchev–Trinajstić information content (AvgIpc) is 2.40. The van der Waals surface area contributed by atoms with Crippen LogP contribution in [-0.2, 0) is 0 Å². The number of aryl methyl sites for hydroxylation is 2. The van der Waals surface area contributed by atoms with E-state index in [4.69, 9.17) is 0 Å². The fourth-order valence-electron chi connectivity index (χ4n) is 2.33. The molecule has 0 heterocycles. The van der Waals surface area contributed by atoms with Gasteiger partial charge in [0.05, 0.1) is 6.04 Å². The van der Waals surface area contributed by atoms with Crippen LogP contribution in [0.15, 0.2) is 40.9 Å². The highest BCUT2D eigenvalue weighted by molar-refractivity contribution is 9.10. The van der Waals surface area contributed by atoms with E-state index in [1.54, 1.807) is 6.92 Å². The Hall–Kier alpha value is -1.19. The molecule has 1 nitrogen and oxygen atoms in total. The topological polar surface area (TPSA) is 12.0 Å². The van der Waals surface area contributed by atoms with Gasteiger partial charge in [0, 0.05) is 4.47 Å². The van der Waals surface area contributed by atoms with Gasteiger partial charge in [-0.25, -0.2) is 4.39 Å². The molecule has 0 aromatic heterocycles. The number of rotatable bonds is 4. The maximum atomic E-state index is 13.5. The smallest absolute Gasteiger partial charge is 0.126 e. The van der Waals surface area contributed by atoms with Gasteiger partial charge in [0.25, 0.3) is 0 Å². The van der Waals surface area contributed by atoms with Crippen molar-refractivity contribution in [2.24, 2.45) is 0 Å². The minimum absolute atomic E-state index is 0.0641. The highest BCUT2D eigenvalue weighted by Gasteiger charge is 2.16. The lowest BCUT2D eigenvalue weighted by Gasteiger charge is -2.21. The number of benzene rings is 2. The summed E-state index contributed by atoms with van der Waals surface area (Å²) in [6.07, 6.45) is 0. The fraction of sp³-hybridized carbons (Fsp3) is 0.294. The molecule has 1 atom stereocenters. The molecule has 0 amide bonds. The van der Waals surface area contributed by atoms with Gasteiger partial charge >= 0.3 is 0 Å². The molecule has 2 aromatic rings. The van der Waals surface area contributed by atoms with Gasteiger partial charge in [-0.2, -0.15) is 0 Å². The van der Waals surface area contributed by atoms with Crippen LogP contribution in [0.1, 0.15) is 35.2 Å². The number of halogens is 2. The molecular formula is C17H19BrFN. The second kappa shape index (κ2) is 6.51. The first-order valence-electron chi connectivity index (χ1n) is 6.78. The summed E-state index contributed by atoms with van der Waals surface area (Å²) >= 11 is 3.63. The third-order valence-electron chi connectivity index (χ3n) is 3.39. The highest BCUT2D eigenvalue weighted by atomic mass is 79.9. The van der Waals surface area contributed by atoms with Crippen LogP contribution in [-0.4, -0.2) is 6.54 Å². The van der Waals surface area contributed by atoms with E-state index < -0.39 is 0 Å². The first kappa shape index (κ1) is 15.2. The standard InChI is InChI=1S/C17H19BrFN/c1-4-20-17(13-6-8-16(19)12(3)10-13)14-7-5-11(2)9-15(14)18/h5-10,17,20H,4H2,1-3H3. The van der Waals surface area contributed by atoms with Crippen LogP contribution < -0.4 is 5.32 Å². The second-order valence-electron chi connectivity index (χ2n) is 5.02.